The van der Waals surface area contributed by atoms with Gasteiger partial charge in [0.1, 0.15) is 0 Å². The zero-order valence-corrected chi connectivity index (χ0v) is 8.51. The first-order valence-corrected chi connectivity index (χ1v) is 4.78. The standard InChI is InChI=1S/C12H13F3/c1-3-9(4-2)10-6-5-7-11(8-10)12(13,14)15/h3,5-9H,1,4H2,2H3/t9-/m0/s1. The third kappa shape index (κ3) is 2.85. The Labute approximate surface area is 87.4 Å². The maximum absolute atomic E-state index is 12.4. The van der Waals surface area contributed by atoms with Crippen molar-refractivity contribution in [3.63, 3.8) is 0 Å². The first kappa shape index (κ1) is 11.8. The molecular formula is C12H13F3. The lowest BCUT2D eigenvalue weighted by Crippen LogP contribution is -2.06. The molecule has 0 nitrogen and oxygen atoms in total. The molecule has 1 aromatic rings. The average Bonchev–Trinajstić information content (AvgIpc) is 2.19. The van der Waals surface area contributed by atoms with Crippen molar-refractivity contribution in [2.75, 3.05) is 0 Å². The average molecular weight is 214 g/mol. The molecule has 0 aliphatic rings. The van der Waals surface area contributed by atoms with Gasteiger partial charge in [-0.3, -0.25) is 0 Å². The van der Waals surface area contributed by atoms with Crippen molar-refractivity contribution < 1.29 is 13.2 Å². The lowest BCUT2D eigenvalue weighted by molar-refractivity contribution is -0.137. The van der Waals surface area contributed by atoms with Gasteiger partial charge in [0.05, 0.1) is 5.56 Å². The van der Waals surface area contributed by atoms with E-state index >= 15 is 0 Å². The molecule has 0 bridgehead atoms. The minimum atomic E-state index is -4.27. The normalized spacial score (nSPS) is 13.6. The van der Waals surface area contributed by atoms with E-state index < -0.39 is 11.7 Å². The summed E-state index contributed by atoms with van der Waals surface area (Å²) in [6.07, 6.45) is -1.84. The second-order valence-corrected chi connectivity index (χ2v) is 3.37. The predicted octanol–water partition coefficient (Wildman–Crippen LogP) is 4.39. The molecule has 0 spiro atoms. The summed E-state index contributed by atoms with van der Waals surface area (Å²) in [6.45, 7) is 5.54. The van der Waals surface area contributed by atoms with Crippen molar-refractivity contribution in [3.8, 4) is 0 Å². The second-order valence-electron chi connectivity index (χ2n) is 3.37. The van der Waals surface area contributed by atoms with Crippen LogP contribution in [0.1, 0.15) is 30.4 Å². The van der Waals surface area contributed by atoms with Crippen molar-refractivity contribution in [2.45, 2.75) is 25.4 Å². The highest BCUT2D eigenvalue weighted by atomic mass is 19.4. The van der Waals surface area contributed by atoms with E-state index in [0.29, 0.717) is 5.56 Å². The Morgan fingerprint density at radius 3 is 2.53 bits per heavy atom. The number of hydrogen-bond acceptors (Lipinski definition) is 0. The van der Waals surface area contributed by atoms with Crippen LogP contribution in [0.4, 0.5) is 13.2 Å². The van der Waals surface area contributed by atoms with E-state index in [2.05, 4.69) is 6.58 Å². The van der Waals surface area contributed by atoms with Gasteiger partial charge in [-0.25, -0.2) is 0 Å². The number of halogens is 3. The fourth-order valence-corrected chi connectivity index (χ4v) is 1.48. The van der Waals surface area contributed by atoms with Gasteiger partial charge >= 0.3 is 6.18 Å². The van der Waals surface area contributed by atoms with Crippen molar-refractivity contribution in [2.24, 2.45) is 0 Å². The Hall–Kier alpha value is -1.25. The van der Waals surface area contributed by atoms with Crippen molar-refractivity contribution >= 4 is 0 Å². The molecular weight excluding hydrogens is 201 g/mol. The van der Waals surface area contributed by atoms with Gasteiger partial charge in [-0.05, 0) is 18.1 Å². The van der Waals surface area contributed by atoms with Gasteiger partial charge in [-0.2, -0.15) is 13.2 Å². The zero-order chi connectivity index (χ0) is 11.5. The van der Waals surface area contributed by atoms with Crippen LogP contribution in [0.3, 0.4) is 0 Å². The van der Waals surface area contributed by atoms with Crippen LogP contribution in [0.15, 0.2) is 36.9 Å². The zero-order valence-electron chi connectivity index (χ0n) is 8.51. The molecule has 0 N–H and O–H groups in total. The number of allylic oxidation sites excluding steroid dienone is 1. The molecule has 0 saturated heterocycles. The summed E-state index contributed by atoms with van der Waals surface area (Å²) < 4.78 is 37.2. The van der Waals surface area contributed by atoms with Crippen LogP contribution in [0.2, 0.25) is 0 Å². The van der Waals surface area contributed by atoms with E-state index in [9.17, 15) is 13.2 Å². The van der Waals surface area contributed by atoms with Crippen LogP contribution in [-0.2, 0) is 6.18 Å². The van der Waals surface area contributed by atoms with E-state index in [1.165, 1.54) is 12.1 Å². The van der Waals surface area contributed by atoms with Crippen LogP contribution in [0.25, 0.3) is 0 Å². The molecule has 0 aliphatic carbocycles. The third-order valence-corrected chi connectivity index (χ3v) is 2.37. The fourth-order valence-electron chi connectivity index (χ4n) is 1.48. The van der Waals surface area contributed by atoms with Crippen LogP contribution in [0, 0.1) is 0 Å². The number of rotatable bonds is 3. The Morgan fingerprint density at radius 1 is 1.40 bits per heavy atom. The molecule has 0 unspecified atom stereocenters. The summed E-state index contributed by atoms with van der Waals surface area (Å²) in [4.78, 5) is 0. The Bertz CT molecular complexity index is 339. The Kier molecular flexibility index (Phi) is 3.56. The smallest absolute Gasteiger partial charge is 0.166 e. The lowest BCUT2D eigenvalue weighted by Gasteiger charge is -2.13. The first-order chi connectivity index (χ1) is 6.99. The highest BCUT2D eigenvalue weighted by Gasteiger charge is 2.30. The van der Waals surface area contributed by atoms with E-state index in [-0.39, 0.29) is 5.92 Å². The van der Waals surface area contributed by atoms with E-state index in [1.54, 1.807) is 12.1 Å². The SMILES string of the molecule is C=C[C@@H](CC)c1cccc(C(F)(F)F)c1. The van der Waals surface area contributed by atoms with Crippen LogP contribution in [-0.4, -0.2) is 0 Å². The molecule has 0 radical (unpaired) electrons. The number of hydrogen-bond donors (Lipinski definition) is 0. The summed E-state index contributed by atoms with van der Waals surface area (Å²) in [6, 6.07) is 5.41. The fraction of sp³-hybridized carbons (Fsp3) is 0.333. The highest BCUT2D eigenvalue weighted by molar-refractivity contribution is 5.30. The molecule has 0 aromatic heterocycles. The molecule has 0 saturated carbocycles. The van der Waals surface area contributed by atoms with E-state index in [0.717, 1.165) is 12.5 Å². The molecule has 0 amide bonds. The third-order valence-electron chi connectivity index (χ3n) is 2.37. The number of benzene rings is 1. The summed E-state index contributed by atoms with van der Waals surface area (Å²) in [5, 5.41) is 0. The largest absolute Gasteiger partial charge is 0.416 e. The topological polar surface area (TPSA) is 0 Å². The monoisotopic (exact) mass is 214 g/mol. The summed E-state index contributed by atoms with van der Waals surface area (Å²) >= 11 is 0. The minimum Gasteiger partial charge on any atom is -0.166 e. The number of alkyl halides is 3. The maximum Gasteiger partial charge on any atom is 0.416 e. The van der Waals surface area contributed by atoms with Gasteiger partial charge in [0.15, 0.2) is 0 Å². The maximum atomic E-state index is 12.4. The molecule has 0 aliphatic heterocycles. The molecule has 82 valence electrons. The predicted molar refractivity (Wildman–Crippen MR) is 54.7 cm³/mol. The van der Waals surface area contributed by atoms with E-state index in [4.69, 9.17) is 0 Å². The molecule has 0 fully saturated rings. The van der Waals surface area contributed by atoms with Gasteiger partial charge in [0, 0.05) is 5.92 Å². The minimum absolute atomic E-state index is 0.00713. The first-order valence-electron chi connectivity index (χ1n) is 4.78. The molecule has 1 atom stereocenters. The molecule has 0 heterocycles. The Balaban J connectivity index is 3.07. The second kappa shape index (κ2) is 4.51. The summed E-state index contributed by atoms with van der Waals surface area (Å²) in [5.41, 5.74) is 0.0719. The highest BCUT2D eigenvalue weighted by Crippen LogP contribution is 2.31. The Morgan fingerprint density at radius 2 is 2.07 bits per heavy atom. The van der Waals surface area contributed by atoms with Gasteiger partial charge < -0.3 is 0 Å². The van der Waals surface area contributed by atoms with Gasteiger partial charge in [-0.15, -0.1) is 6.58 Å². The summed E-state index contributed by atoms with van der Waals surface area (Å²) in [7, 11) is 0. The van der Waals surface area contributed by atoms with Crippen molar-refractivity contribution in [1.29, 1.82) is 0 Å². The van der Waals surface area contributed by atoms with E-state index in [1.807, 2.05) is 6.92 Å². The lowest BCUT2D eigenvalue weighted by atomic mass is 9.95. The van der Waals surface area contributed by atoms with Crippen molar-refractivity contribution in [3.05, 3.63) is 48.0 Å². The van der Waals surface area contributed by atoms with Gasteiger partial charge in [-0.1, -0.05) is 31.2 Å². The molecule has 3 heteroatoms. The van der Waals surface area contributed by atoms with Crippen LogP contribution >= 0.6 is 0 Å². The van der Waals surface area contributed by atoms with Crippen LogP contribution < -0.4 is 0 Å². The quantitative estimate of drug-likeness (QED) is 0.655. The van der Waals surface area contributed by atoms with Crippen LogP contribution in [0.5, 0.6) is 0 Å². The van der Waals surface area contributed by atoms with Gasteiger partial charge in [0.2, 0.25) is 0 Å². The molecule has 1 rings (SSSR count). The molecule has 15 heavy (non-hydrogen) atoms. The summed E-state index contributed by atoms with van der Waals surface area (Å²) in [5.74, 6) is -0.00713. The van der Waals surface area contributed by atoms with Crippen molar-refractivity contribution in [1.82, 2.24) is 0 Å². The van der Waals surface area contributed by atoms with Gasteiger partial charge in [0.25, 0.3) is 0 Å². The molecule has 1 aromatic carbocycles.